The normalized spacial score (nSPS) is 26.4. The van der Waals surface area contributed by atoms with Crippen LogP contribution in [0.15, 0.2) is 48.5 Å². The number of phenols is 2. The van der Waals surface area contributed by atoms with Gasteiger partial charge in [-0.15, -0.1) is 0 Å². The molecule has 5 N–H and O–H groups in total. The maximum atomic E-state index is 13.4. The standard InChI is InChI=1S/C23H22N2O8/c26-13-6-7-14(15(27)10-13)19-17-18(23(24-19,22(32)33)9-8-16(28)29)21(31)25(20(17)30)11-12-4-2-1-3-5-12/h1-7,10,17-19,24,26-27H,8-9,11H2,(H,28,29)(H,32,33)/t17-,18-,19-,23+/m1/s1. The first-order valence-corrected chi connectivity index (χ1v) is 10.3. The number of nitrogens with zero attached hydrogens (tertiary/aromatic N) is 1. The zero-order chi connectivity index (χ0) is 23.9. The van der Waals surface area contributed by atoms with Crippen molar-refractivity contribution in [3.8, 4) is 11.5 Å². The number of carbonyl (C=O) groups excluding carboxylic acids is 2. The van der Waals surface area contributed by atoms with Crippen LogP contribution in [0.3, 0.4) is 0 Å². The van der Waals surface area contributed by atoms with Crippen molar-refractivity contribution in [3.05, 3.63) is 59.7 Å². The molecule has 0 bridgehead atoms. The average Bonchev–Trinajstić information content (AvgIpc) is 3.23. The van der Waals surface area contributed by atoms with E-state index in [9.17, 15) is 39.6 Å². The molecule has 0 aromatic heterocycles. The SMILES string of the molecule is O=C(O)CC[C@]1(C(=O)O)N[C@H](c2ccc(O)cc2O)[C@@H]2C(=O)N(Cc3ccccc3)C(=O)[C@@H]21. The monoisotopic (exact) mass is 454 g/mol. The molecule has 2 aliphatic heterocycles. The molecule has 2 fully saturated rings. The molecule has 10 nitrogen and oxygen atoms in total. The Bertz CT molecular complexity index is 1130. The van der Waals surface area contributed by atoms with Crippen LogP contribution in [-0.4, -0.2) is 54.6 Å². The van der Waals surface area contributed by atoms with E-state index in [1.54, 1.807) is 30.3 Å². The van der Waals surface area contributed by atoms with Gasteiger partial charge in [-0.25, -0.2) is 0 Å². The molecule has 0 saturated carbocycles. The lowest BCUT2D eigenvalue weighted by Crippen LogP contribution is -2.55. The van der Waals surface area contributed by atoms with E-state index >= 15 is 0 Å². The lowest BCUT2D eigenvalue weighted by molar-refractivity contribution is -0.153. The topological polar surface area (TPSA) is 164 Å². The Kier molecular flexibility index (Phi) is 5.54. The number of hydrogen-bond donors (Lipinski definition) is 5. The second-order valence-corrected chi connectivity index (χ2v) is 8.29. The first-order valence-electron chi connectivity index (χ1n) is 10.3. The zero-order valence-corrected chi connectivity index (χ0v) is 17.3. The number of fused-ring (bicyclic) bond motifs is 1. The summed E-state index contributed by atoms with van der Waals surface area (Å²) in [7, 11) is 0. The molecule has 0 unspecified atom stereocenters. The number of amides is 2. The van der Waals surface area contributed by atoms with Gasteiger partial charge in [0.1, 0.15) is 17.0 Å². The maximum Gasteiger partial charge on any atom is 0.324 e. The third-order valence-electron chi connectivity index (χ3n) is 6.39. The first-order chi connectivity index (χ1) is 15.7. The minimum absolute atomic E-state index is 0.0611. The van der Waals surface area contributed by atoms with Crippen molar-refractivity contribution in [2.24, 2.45) is 11.8 Å². The smallest absolute Gasteiger partial charge is 0.324 e. The van der Waals surface area contributed by atoms with Crippen molar-refractivity contribution in [1.29, 1.82) is 0 Å². The van der Waals surface area contributed by atoms with Crippen molar-refractivity contribution in [2.45, 2.75) is 31.0 Å². The molecule has 33 heavy (non-hydrogen) atoms. The number of carbonyl (C=O) groups is 4. The predicted octanol–water partition coefficient (Wildman–Crippen LogP) is 1.23. The molecular formula is C23H22N2O8. The molecule has 2 aromatic carbocycles. The molecule has 2 aromatic rings. The minimum Gasteiger partial charge on any atom is -0.508 e. The fourth-order valence-corrected chi connectivity index (χ4v) is 4.88. The van der Waals surface area contributed by atoms with E-state index < -0.39 is 60.0 Å². The summed E-state index contributed by atoms with van der Waals surface area (Å²) in [4.78, 5) is 51.6. The molecule has 0 spiro atoms. The van der Waals surface area contributed by atoms with Crippen LogP contribution >= 0.6 is 0 Å². The van der Waals surface area contributed by atoms with Gasteiger partial charge in [-0.2, -0.15) is 0 Å². The van der Waals surface area contributed by atoms with E-state index in [2.05, 4.69) is 5.32 Å². The van der Waals surface area contributed by atoms with Gasteiger partial charge in [0, 0.05) is 24.1 Å². The summed E-state index contributed by atoms with van der Waals surface area (Å²) < 4.78 is 0. The molecule has 4 rings (SSSR count). The highest BCUT2D eigenvalue weighted by Crippen LogP contribution is 2.52. The van der Waals surface area contributed by atoms with Crippen molar-refractivity contribution in [1.82, 2.24) is 10.2 Å². The molecule has 4 atom stereocenters. The molecule has 172 valence electrons. The third kappa shape index (κ3) is 3.68. The fourth-order valence-electron chi connectivity index (χ4n) is 4.88. The van der Waals surface area contributed by atoms with Gasteiger partial charge in [0.05, 0.1) is 18.4 Å². The number of phenolic OH excluding ortho intramolecular Hbond substituents is 2. The maximum absolute atomic E-state index is 13.4. The summed E-state index contributed by atoms with van der Waals surface area (Å²) in [6.07, 6.45) is -0.983. The Morgan fingerprint density at radius 1 is 1.00 bits per heavy atom. The van der Waals surface area contributed by atoms with Crippen molar-refractivity contribution in [3.63, 3.8) is 0 Å². The number of aliphatic carboxylic acids is 2. The second kappa shape index (κ2) is 8.21. The van der Waals surface area contributed by atoms with Crippen LogP contribution in [0.4, 0.5) is 0 Å². The van der Waals surface area contributed by atoms with Crippen molar-refractivity contribution >= 4 is 23.8 Å². The second-order valence-electron chi connectivity index (χ2n) is 8.29. The molecule has 2 saturated heterocycles. The number of imide groups is 1. The van der Waals surface area contributed by atoms with Crippen LogP contribution < -0.4 is 5.32 Å². The summed E-state index contributed by atoms with van der Waals surface area (Å²) >= 11 is 0. The first kappa shape index (κ1) is 22.3. The van der Waals surface area contributed by atoms with Crippen LogP contribution in [0.2, 0.25) is 0 Å². The van der Waals surface area contributed by atoms with Gasteiger partial charge in [-0.05, 0) is 18.1 Å². The lowest BCUT2D eigenvalue weighted by Gasteiger charge is -2.31. The number of aromatic hydroxyl groups is 2. The van der Waals surface area contributed by atoms with E-state index in [4.69, 9.17) is 0 Å². The highest BCUT2D eigenvalue weighted by atomic mass is 16.4. The Labute approximate surface area is 188 Å². The van der Waals surface area contributed by atoms with Gasteiger partial charge in [-0.1, -0.05) is 36.4 Å². The van der Waals surface area contributed by atoms with Gasteiger partial charge in [0.25, 0.3) is 0 Å². The number of nitrogens with one attached hydrogen (secondary N) is 1. The summed E-state index contributed by atoms with van der Waals surface area (Å²) in [6, 6.07) is 11.3. The largest absolute Gasteiger partial charge is 0.508 e. The highest BCUT2D eigenvalue weighted by molar-refractivity contribution is 6.09. The summed E-state index contributed by atoms with van der Waals surface area (Å²) in [5.41, 5.74) is -1.23. The summed E-state index contributed by atoms with van der Waals surface area (Å²) in [5, 5.41) is 42.2. The number of rotatable bonds is 7. The number of carboxylic acid groups (broad SMARTS) is 2. The van der Waals surface area contributed by atoms with Gasteiger partial charge >= 0.3 is 11.9 Å². The van der Waals surface area contributed by atoms with Crippen LogP contribution in [0.1, 0.15) is 30.0 Å². The van der Waals surface area contributed by atoms with Crippen LogP contribution in [0.25, 0.3) is 0 Å². The highest BCUT2D eigenvalue weighted by Gasteiger charge is 2.68. The molecule has 2 aliphatic rings. The number of hydrogen-bond acceptors (Lipinski definition) is 7. The Hall–Kier alpha value is -3.92. The van der Waals surface area contributed by atoms with Crippen LogP contribution in [-0.2, 0) is 25.7 Å². The molecule has 2 amide bonds. The average molecular weight is 454 g/mol. The number of benzene rings is 2. The van der Waals surface area contributed by atoms with Crippen LogP contribution in [0.5, 0.6) is 11.5 Å². The van der Waals surface area contributed by atoms with E-state index in [-0.39, 0.29) is 23.6 Å². The van der Waals surface area contributed by atoms with E-state index in [0.29, 0.717) is 5.56 Å². The van der Waals surface area contributed by atoms with Crippen LogP contribution in [0, 0.1) is 11.8 Å². The summed E-state index contributed by atoms with van der Waals surface area (Å²) in [5.74, 6) is -7.20. The van der Waals surface area contributed by atoms with E-state index in [1.807, 2.05) is 0 Å². The van der Waals surface area contributed by atoms with Crippen molar-refractivity contribution < 1.29 is 39.6 Å². The van der Waals surface area contributed by atoms with Gasteiger partial charge in [0.2, 0.25) is 11.8 Å². The Morgan fingerprint density at radius 3 is 2.30 bits per heavy atom. The van der Waals surface area contributed by atoms with E-state index in [1.165, 1.54) is 12.1 Å². The minimum atomic E-state index is -2.03. The Morgan fingerprint density at radius 2 is 1.70 bits per heavy atom. The predicted molar refractivity (Wildman–Crippen MR) is 112 cm³/mol. The number of likely N-dealkylation sites (tertiary alicyclic amines) is 1. The van der Waals surface area contributed by atoms with Gasteiger partial charge < -0.3 is 20.4 Å². The Balaban J connectivity index is 1.81. The number of carboxylic acids is 2. The van der Waals surface area contributed by atoms with Crippen molar-refractivity contribution in [2.75, 3.05) is 0 Å². The third-order valence-corrected chi connectivity index (χ3v) is 6.39. The van der Waals surface area contributed by atoms with Gasteiger partial charge in [0.15, 0.2) is 0 Å². The molecular weight excluding hydrogens is 432 g/mol. The van der Waals surface area contributed by atoms with E-state index in [0.717, 1.165) is 11.0 Å². The lowest BCUT2D eigenvalue weighted by atomic mass is 9.77. The molecule has 0 radical (unpaired) electrons. The quantitative estimate of drug-likeness (QED) is 0.387. The molecule has 0 aliphatic carbocycles. The molecule has 2 heterocycles. The summed E-state index contributed by atoms with van der Waals surface area (Å²) in [6.45, 7) is -0.0611. The van der Waals surface area contributed by atoms with Gasteiger partial charge in [-0.3, -0.25) is 29.4 Å². The molecule has 10 heteroatoms. The zero-order valence-electron chi connectivity index (χ0n) is 17.3. The fraction of sp³-hybridized carbons (Fsp3) is 0.304.